The topological polar surface area (TPSA) is 41.5 Å². The molecule has 120 valence electrons. The van der Waals surface area contributed by atoms with Gasteiger partial charge in [0.15, 0.2) is 0 Å². The van der Waals surface area contributed by atoms with Crippen LogP contribution in [-0.2, 0) is 0 Å². The molecular weight excluding hydrogens is 327 g/mol. The molecule has 0 saturated heterocycles. The predicted molar refractivity (Wildman–Crippen MR) is 79.1 cm³/mol. The van der Waals surface area contributed by atoms with Crippen LogP contribution in [0.15, 0.2) is 18.2 Å². The number of thioether (sulfide) groups is 1. The van der Waals surface area contributed by atoms with Gasteiger partial charge in [-0.15, -0.1) is 0 Å². The van der Waals surface area contributed by atoms with Gasteiger partial charge in [-0.2, -0.15) is 13.2 Å². The second kappa shape index (κ2) is 8.73. The first kappa shape index (κ1) is 18.4. The zero-order valence-corrected chi connectivity index (χ0v) is 13.0. The van der Waals surface area contributed by atoms with Crippen LogP contribution in [-0.4, -0.2) is 42.2 Å². The standard InChI is InChI=1S/C13H17ClF3NO2S/c1-9-6-11(2-3-12(9)14)20-8-10(19)7-18-4-5-21-13(15,16)17/h2-3,6,10,18-19H,4-5,7-8H2,1H3. The SMILES string of the molecule is Cc1cc(OCC(O)CNCCSC(F)(F)F)ccc1Cl. The lowest BCUT2D eigenvalue weighted by molar-refractivity contribution is -0.0327. The maximum Gasteiger partial charge on any atom is 0.441 e. The van der Waals surface area contributed by atoms with Gasteiger partial charge in [-0.25, -0.2) is 0 Å². The fourth-order valence-electron chi connectivity index (χ4n) is 1.47. The van der Waals surface area contributed by atoms with E-state index in [-0.39, 0.29) is 37.2 Å². The highest BCUT2D eigenvalue weighted by molar-refractivity contribution is 8.00. The van der Waals surface area contributed by atoms with Gasteiger partial charge >= 0.3 is 5.51 Å². The van der Waals surface area contributed by atoms with E-state index in [1.807, 2.05) is 6.92 Å². The molecule has 0 heterocycles. The molecule has 0 aliphatic rings. The van der Waals surface area contributed by atoms with Crippen LogP contribution in [0.1, 0.15) is 5.56 Å². The molecule has 0 amide bonds. The molecule has 0 saturated carbocycles. The Balaban J connectivity index is 2.16. The van der Waals surface area contributed by atoms with Crippen LogP contribution in [0.25, 0.3) is 0 Å². The molecule has 1 atom stereocenters. The van der Waals surface area contributed by atoms with Gasteiger partial charge in [0.05, 0.1) is 0 Å². The summed E-state index contributed by atoms with van der Waals surface area (Å²) in [6, 6.07) is 5.14. The second-order valence-electron chi connectivity index (χ2n) is 4.37. The third-order valence-corrected chi connectivity index (χ3v) is 3.66. The van der Waals surface area contributed by atoms with E-state index in [4.69, 9.17) is 16.3 Å². The molecule has 0 bridgehead atoms. The highest BCUT2D eigenvalue weighted by Gasteiger charge is 2.27. The van der Waals surface area contributed by atoms with E-state index in [0.29, 0.717) is 10.8 Å². The monoisotopic (exact) mass is 343 g/mol. The summed E-state index contributed by atoms with van der Waals surface area (Å²) in [4.78, 5) is 0. The van der Waals surface area contributed by atoms with Gasteiger partial charge in [0.1, 0.15) is 18.5 Å². The highest BCUT2D eigenvalue weighted by atomic mass is 35.5. The predicted octanol–water partition coefficient (Wildman–Crippen LogP) is 3.23. The number of rotatable bonds is 8. The number of aryl methyl sites for hydroxylation is 1. The minimum atomic E-state index is -4.21. The lowest BCUT2D eigenvalue weighted by atomic mass is 10.2. The summed E-state index contributed by atoms with van der Waals surface area (Å²) < 4.78 is 41.0. The molecular formula is C13H17ClF3NO2S. The molecule has 0 aliphatic carbocycles. The molecule has 8 heteroatoms. The van der Waals surface area contributed by atoms with Crippen molar-refractivity contribution in [1.82, 2.24) is 5.32 Å². The lowest BCUT2D eigenvalue weighted by Crippen LogP contribution is -2.32. The summed E-state index contributed by atoms with van der Waals surface area (Å²) in [5.41, 5.74) is -3.35. The fourth-order valence-corrected chi connectivity index (χ4v) is 2.06. The molecule has 1 aromatic carbocycles. The summed E-state index contributed by atoms with van der Waals surface area (Å²) in [5, 5.41) is 13.0. The third kappa shape index (κ3) is 8.40. The number of ether oxygens (including phenoxy) is 1. The Kier molecular flexibility index (Phi) is 7.65. The normalized spacial score (nSPS) is 13.2. The average molecular weight is 344 g/mol. The zero-order valence-electron chi connectivity index (χ0n) is 11.4. The van der Waals surface area contributed by atoms with Crippen molar-refractivity contribution in [3.05, 3.63) is 28.8 Å². The van der Waals surface area contributed by atoms with Crippen LogP contribution >= 0.6 is 23.4 Å². The molecule has 0 aromatic heterocycles. The maximum atomic E-state index is 11.9. The van der Waals surface area contributed by atoms with Crippen molar-refractivity contribution in [2.75, 3.05) is 25.4 Å². The first-order valence-electron chi connectivity index (χ1n) is 6.26. The van der Waals surface area contributed by atoms with Crippen LogP contribution in [0.2, 0.25) is 5.02 Å². The number of aliphatic hydroxyl groups is 1. The number of nitrogens with one attached hydrogen (secondary N) is 1. The van der Waals surface area contributed by atoms with Crippen LogP contribution in [0.3, 0.4) is 0 Å². The van der Waals surface area contributed by atoms with Crippen molar-refractivity contribution in [3.63, 3.8) is 0 Å². The van der Waals surface area contributed by atoms with Crippen LogP contribution in [0.5, 0.6) is 5.75 Å². The van der Waals surface area contributed by atoms with Crippen LogP contribution in [0, 0.1) is 6.92 Å². The Morgan fingerprint density at radius 1 is 1.43 bits per heavy atom. The molecule has 1 unspecified atom stereocenters. The van der Waals surface area contributed by atoms with E-state index in [0.717, 1.165) is 5.56 Å². The molecule has 0 aliphatic heterocycles. The first-order valence-corrected chi connectivity index (χ1v) is 7.62. The van der Waals surface area contributed by atoms with Crippen molar-refractivity contribution in [2.24, 2.45) is 0 Å². The van der Waals surface area contributed by atoms with Crippen LogP contribution < -0.4 is 10.1 Å². The van der Waals surface area contributed by atoms with Crippen molar-refractivity contribution in [2.45, 2.75) is 18.5 Å². The van der Waals surface area contributed by atoms with Crippen LogP contribution in [0.4, 0.5) is 13.2 Å². The number of hydrogen-bond acceptors (Lipinski definition) is 4. The maximum absolute atomic E-state index is 11.9. The molecule has 0 radical (unpaired) electrons. The Hall–Kier alpha value is -0.630. The first-order chi connectivity index (χ1) is 9.78. The van der Waals surface area contributed by atoms with E-state index >= 15 is 0 Å². The number of halogens is 4. The molecule has 2 N–H and O–H groups in total. The number of hydrogen-bond donors (Lipinski definition) is 2. The van der Waals surface area contributed by atoms with Gasteiger partial charge < -0.3 is 15.2 Å². The van der Waals surface area contributed by atoms with Gasteiger partial charge in [0.25, 0.3) is 0 Å². The lowest BCUT2D eigenvalue weighted by Gasteiger charge is -2.14. The summed E-state index contributed by atoms with van der Waals surface area (Å²) in [7, 11) is 0. The van der Waals surface area contributed by atoms with E-state index < -0.39 is 11.6 Å². The third-order valence-electron chi connectivity index (χ3n) is 2.50. The Morgan fingerprint density at radius 2 is 2.14 bits per heavy atom. The Labute approximate surface area is 130 Å². The quantitative estimate of drug-likeness (QED) is 0.711. The Morgan fingerprint density at radius 3 is 2.76 bits per heavy atom. The molecule has 21 heavy (non-hydrogen) atoms. The smallest absolute Gasteiger partial charge is 0.441 e. The number of aliphatic hydroxyl groups excluding tert-OH is 1. The van der Waals surface area contributed by atoms with Crippen molar-refractivity contribution in [1.29, 1.82) is 0 Å². The summed E-state index contributed by atoms with van der Waals surface area (Å²) in [6.45, 7) is 2.23. The Bertz CT molecular complexity index is 446. The zero-order chi connectivity index (χ0) is 15.9. The summed E-state index contributed by atoms with van der Waals surface area (Å²) in [5.74, 6) is 0.497. The molecule has 0 spiro atoms. The fraction of sp³-hybridized carbons (Fsp3) is 0.538. The van der Waals surface area contributed by atoms with Gasteiger partial charge in [-0.1, -0.05) is 11.6 Å². The van der Waals surface area contributed by atoms with E-state index in [1.165, 1.54) is 0 Å². The average Bonchev–Trinajstić information content (AvgIpc) is 2.38. The number of benzene rings is 1. The van der Waals surface area contributed by atoms with Crippen molar-refractivity contribution < 1.29 is 23.0 Å². The van der Waals surface area contributed by atoms with Crippen molar-refractivity contribution >= 4 is 23.4 Å². The van der Waals surface area contributed by atoms with Crippen molar-refractivity contribution in [3.8, 4) is 5.75 Å². The van der Waals surface area contributed by atoms with Gasteiger partial charge in [-0.3, -0.25) is 0 Å². The summed E-state index contributed by atoms with van der Waals surface area (Å²) >= 11 is 5.79. The molecule has 3 nitrogen and oxygen atoms in total. The minimum Gasteiger partial charge on any atom is -0.491 e. The number of alkyl halides is 3. The van der Waals surface area contributed by atoms with E-state index in [2.05, 4.69) is 5.32 Å². The largest absolute Gasteiger partial charge is 0.491 e. The van der Waals surface area contributed by atoms with Gasteiger partial charge in [0.2, 0.25) is 0 Å². The molecule has 1 rings (SSSR count). The van der Waals surface area contributed by atoms with E-state index in [1.54, 1.807) is 18.2 Å². The highest BCUT2D eigenvalue weighted by Crippen LogP contribution is 2.29. The molecule has 1 aromatic rings. The van der Waals surface area contributed by atoms with E-state index in [9.17, 15) is 18.3 Å². The second-order valence-corrected chi connectivity index (χ2v) is 5.94. The van der Waals surface area contributed by atoms with Gasteiger partial charge in [-0.05, 0) is 42.4 Å². The molecule has 0 fully saturated rings. The summed E-state index contributed by atoms with van der Waals surface area (Å²) in [6.07, 6.45) is -0.795. The van der Waals surface area contributed by atoms with Gasteiger partial charge in [0, 0.05) is 23.9 Å². The minimum absolute atomic E-state index is 0.0560.